The Balaban J connectivity index is 1.83. The van der Waals surface area contributed by atoms with Crippen LogP contribution in [0.5, 0.6) is 0 Å². The first kappa shape index (κ1) is 17.1. The molecular weight excluding hydrogens is 346 g/mol. The van der Waals surface area contributed by atoms with Gasteiger partial charge in [-0.1, -0.05) is 72.3 Å². The summed E-state index contributed by atoms with van der Waals surface area (Å²) in [4.78, 5) is 13.5. The van der Waals surface area contributed by atoms with Gasteiger partial charge in [0.2, 0.25) is 0 Å². The van der Waals surface area contributed by atoms with Gasteiger partial charge in [0.15, 0.2) is 5.72 Å². The summed E-state index contributed by atoms with van der Waals surface area (Å²) in [5, 5.41) is 11.9. The van der Waals surface area contributed by atoms with Crippen LogP contribution in [0.3, 0.4) is 0 Å². The highest BCUT2D eigenvalue weighted by atomic mass is 35.5. The largest absolute Gasteiger partial charge is 0.365 e. The minimum absolute atomic E-state index is 0.202. The summed E-state index contributed by atoms with van der Waals surface area (Å²) < 4.78 is 0. The molecule has 0 spiro atoms. The van der Waals surface area contributed by atoms with E-state index in [1.807, 2.05) is 61.5 Å². The number of benzene rings is 2. The monoisotopic (exact) mass is 365 g/mol. The van der Waals surface area contributed by atoms with Crippen LogP contribution in [-0.2, 0) is 12.3 Å². The van der Waals surface area contributed by atoms with Crippen LogP contribution < -0.4 is 0 Å². The Labute approximate surface area is 158 Å². The molecule has 2 aliphatic rings. The number of carbonyl (C=O) groups is 1. The maximum Gasteiger partial charge on any atom is 0.257 e. The first-order valence-corrected chi connectivity index (χ1v) is 9.06. The van der Waals surface area contributed by atoms with Crippen molar-refractivity contribution >= 4 is 17.5 Å². The summed E-state index contributed by atoms with van der Waals surface area (Å²) in [5.74, 6) is -0.202. The van der Waals surface area contributed by atoms with Crippen LogP contribution in [0.1, 0.15) is 33.5 Å². The second kappa shape index (κ2) is 6.11. The molecule has 0 saturated carbocycles. The number of nitrogens with zero attached hydrogens (tertiary/aromatic N) is 1. The van der Waals surface area contributed by atoms with Crippen molar-refractivity contribution in [2.45, 2.75) is 30.5 Å². The number of aryl methyl sites for hydroxylation is 1. The van der Waals surface area contributed by atoms with Gasteiger partial charge >= 0.3 is 0 Å². The summed E-state index contributed by atoms with van der Waals surface area (Å²) >= 11 is 6.92. The maximum atomic E-state index is 13.1. The molecule has 2 atom stereocenters. The molecule has 0 fully saturated rings. The van der Waals surface area contributed by atoms with Gasteiger partial charge in [-0.05, 0) is 25.0 Å². The smallest absolute Gasteiger partial charge is 0.257 e. The molecule has 1 aliphatic carbocycles. The molecular formula is C22H20ClNO2. The molecule has 1 N–H and O–H groups in total. The third-order valence-electron chi connectivity index (χ3n) is 5.23. The van der Waals surface area contributed by atoms with E-state index < -0.39 is 10.6 Å². The van der Waals surface area contributed by atoms with Gasteiger partial charge in [-0.15, -0.1) is 11.6 Å². The molecule has 0 aromatic heterocycles. The van der Waals surface area contributed by atoms with Crippen LogP contribution in [0, 0.1) is 6.92 Å². The summed E-state index contributed by atoms with van der Waals surface area (Å²) in [6, 6.07) is 15.1. The second-order valence-electron chi connectivity index (χ2n) is 6.95. The van der Waals surface area contributed by atoms with E-state index in [4.69, 9.17) is 11.6 Å². The van der Waals surface area contributed by atoms with E-state index in [1.165, 1.54) is 4.90 Å². The number of hydrogen-bond acceptors (Lipinski definition) is 2. The second-order valence-corrected chi connectivity index (χ2v) is 7.62. The number of fused-ring (bicyclic) bond motifs is 1. The fourth-order valence-corrected chi connectivity index (χ4v) is 4.14. The van der Waals surface area contributed by atoms with Crippen LogP contribution in [-0.4, -0.2) is 20.8 Å². The van der Waals surface area contributed by atoms with Crippen LogP contribution in [0.15, 0.2) is 72.8 Å². The zero-order valence-corrected chi connectivity index (χ0v) is 15.3. The number of halogens is 1. The molecule has 0 bridgehead atoms. The Kier molecular flexibility index (Phi) is 4.02. The van der Waals surface area contributed by atoms with Gasteiger partial charge in [-0.25, -0.2) is 0 Å². The molecule has 2 aromatic rings. The van der Waals surface area contributed by atoms with Gasteiger partial charge in [-0.2, -0.15) is 0 Å². The lowest BCUT2D eigenvalue weighted by molar-refractivity contribution is -0.109. The Morgan fingerprint density at radius 1 is 1.12 bits per heavy atom. The summed E-state index contributed by atoms with van der Waals surface area (Å²) in [5.41, 5.74) is 1.55. The highest BCUT2D eigenvalue weighted by Gasteiger charge is 2.59. The Morgan fingerprint density at radius 2 is 1.85 bits per heavy atom. The predicted molar refractivity (Wildman–Crippen MR) is 103 cm³/mol. The lowest BCUT2D eigenvalue weighted by atomic mass is 9.83. The predicted octanol–water partition coefficient (Wildman–Crippen LogP) is 4.29. The number of allylic oxidation sites excluding steroid dienone is 3. The normalized spacial score (nSPS) is 27.0. The molecule has 0 radical (unpaired) electrons. The van der Waals surface area contributed by atoms with E-state index in [0.29, 0.717) is 17.5 Å². The Morgan fingerprint density at radius 3 is 2.54 bits per heavy atom. The van der Waals surface area contributed by atoms with E-state index in [1.54, 1.807) is 18.2 Å². The maximum absolute atomic E-state index is 13.1. The van der Waals surface area contributed by atoms with Gasteiger partial charge in [-0.3, -0.25) is 4.79 Å². The molecule has 1 heterocycles. The van der Waals surface area contributed by atoms with Crippen LogP contribution in [0.2, 0.25) is 0 Å². The van der Waals surface area contributed by atoms with E-state index in [-0.39, 0.29) is 12.5 Å². The zero-order chi connectivity index (χ0) is 18.4. The summed E-state index contributed by atoms with van der Waals surface area (Å²) in [7, 11) is 0. The fourth-order valence-electron chi connectivity index (χ4n) is 3.77. The van der Waals surface area contributed by atoms with Crippen molar-refractivity contribution < 1.29 is 9.90 Å². The van der Waals surface area contributed by atoms with Crippen molar-refractivity contribution in [1.82, 2.24) is 4.90 Å². The van der Waals surface area contributed by atoms with Crippen molar-refractivity contribution in [3.05, 3.63) is 95.1 Å². The molecule has 2 unspecified atom stereocenters. The van der Waals surface area contributed by atoms with Crippen molar-refractivity contribution in [3.63, 3.8) is 0 Å². The average Bonchev–Trinajstić information content (AvgIpc) is 2.88. The zero-order valence-electron chi connectivity index (χ0n) is 14.5. The number of alkyl halides is 1. The van der Waals surface area contributed by atoms with Crippen molar-refractivity contribution in [2.24, 2.45) is 0 Å². The van der Waals surface area contributed by atoms with E-state index in [0.717, 1.165) is 11.1 Å². The minimum Gasteiger partial charge on any atom is -0.365 e. The van der Waals surface area contributed by atoms with Crippen molar-refractivity contribution in [2.75, 3.05) is 0 Å². The third kappa shape index (κ3) is 2.43. The number of hydrogen-bond donors (Lipinski definition) is 1. The van der Waals surface area contributed by atoms with Crippen LogP contribution in [0.25, 0.3) is 0 Å². The lowest BCUT2D eigenvalue weighted by Gasteiger charge is -2.45. The molecule has 1 amide bonds. The Bertz CT molecular complexity index is 918. The topological polar surface area (TPSA) is 40.5 Å². The first-order valence-electron chi connectivity index (χ1n) is 8.68. The third-order valence-corrected chi connectivity index (χ3v) is 5.78. The summed E-state index contributed by atoms with van der Waals surface area (Å²) in [6.07, 6.45) is 7.86. The SMILES string of the molecule is Cc1ccc(CN2C(=O)c3ccccc3C2(O)C2(Cl)C=CC=CC2)cc1. The lowest BCUT2D eigenvalue weighted by Crippen LogP contribution is -2.56. The molecule has 4 heteroatoms. The van der Waals surface area contributed by atoms with Gasteiger partial charge in [0, 0.05) is 17.7 Å². The Hall–Kier alpha value is -2.36. The van der Waals surface area contributed by atoms with Crippen LogP contribution in [0.4, 0.5) is 0 Å². The van der Waals surface area contributed by atoms with Gasteiger partial charge in [0.25, 0.3) is 5.91 Å². The van der Waals surface area contributed by atoms with E-state index in [9.17, 15) is 9.90 Å². The highest BCUT2D eigenvalue weighted by molar-refractivity contribution is 6.27. The van der Waals surface area contributed by atoms with Crippen LogP contribution >= 0.6 is 11.6 Å². The molecule has 1 aliphatic heterocycles. The average molecular weight is 366 g/mol. The van der Waals surface area contributed by atoms with Crippen molar-refractivity contribution in [1.29, 1.82) is 0 Å². The summed E-state index contributed by atoms with van der Waals surface area (Å²) in [6.45, 7) is 2.31. The van der Waals surface area contributed by atoms with Gasteiger partial charge < -0.3 is 10.0 Å². The molecule has 132 valence electrons. The molecule has 4 rings (SSSR count). The molecule has 0 saturated heterocycles. The minimum atomic E-state index is -1.62. The van der Waals surface area contributed by atoms with Crippen molar-refractivity contribution in [3.8, 4) is 0 Å². The number of amides is 1. The number of rotatable bonds is 3. The standard InChI is InChI=1S/C22H20ClNO2/c1-16-9-11-17(12-10-16)15-24-20(25)18-7-3-4-8-19(18)22(24,26)21(23)13-5-2-6-14-21/h2-13,26H,14-15H2,1H3. The number of carbonyl (C=O) groups excluding carboxylic acids is 1. The quantitative estimate of drug-likeness (QED) is 0.824. The first-order chi connectivity index (χ1) is 12.5. The molecule has 3 nitrogen and oxygen atoms in total. The van der Waals surface area contributed by atoms with E-state index >= 15 is 0 Å². The molecule has 26 heavy (non-hydrogen) atoms. The number of aliphatic hydroxyl groups is 1. The highest BCUT2D eigenvalue weighted by Crippen LogP contribution is 2.51. The molecule has 2 aromatic carbocycles. The fraction of sp³-hybridized carbons (Fsp3) is 0.227. The van der Waals surface area contributed by atoms with Gasteiger partial charge in [0.1, 0.15) is 4.87 Å². The van der Waals surface area contributed by atoms with E-state index in [2.05, 4.69) is 0 Å². The van der Waals surface area contributed by atoms with Gasteiger partial charge in [0.05, 0.1) is 0 Å².